The van der Waals surface area contributed by atoms with Gasteiger partial charge in [-0.1, -0.05) is 31.9 Å². The van der Waals surface area contributed by atoms with Gasteiger partial charge in [0.1, 0.15) is 0 Å². The average molecular weight is 313 g/mol. The van der Waals surface area contributed by atoms with Crippen molar-refractivity contribution >= 4 is 16.9 Å². The van der Waals surface area contributed by atoms with E-state index in [1.54, 1.807) is 0 Å². The van der Waals surface area contributed by atoms with Crippen molar-refractivity contribution in [3.63, 3.8) is 0 Å². The van der Waals surface area contributed by atoms with E-state index < -0.39 is 5.97 Å². The summed E-state index contributed by atoms with van der Waals surface area (Å²) in [5.74, 6) is -0.232. The van der Waals surface area contributed by atoms with E-state index in [2.05, 4.69) is 55.8 Å². The second-order valence-corrected chi connectivity index (χ2v) is 6.63. The molecule has 0 spiro atoms. The number of carbonyl (C=O) groups is 1. The number of allylic oxidation sites excluding steroid dienone is 1. The molecule has 3 heteroatoms. The molecule has 0 aliphatic rings. The maximum Gasteiger partial charge on any atom is 0.328 e. The molecule has 2 rings (SSSR count). The molecule has 0 amide bonds. The first-order chi connectivity index (χ1) is 10.9. The Hall–Kier alpha value is -2.03. The fourth-order valence-electron chi connectivity index (χ4n) is 3.23. The number of benzene rings is 1. The molecule has 0 bridgehead atoms. The third kappa shape index (κ3) is 4.25. The van der Waals surface area contributed by atoms with Gasteiger partial charge >= 0.3 is 5.97 Å². The largest absolute Gasteiger partial charge is 0.478 e. The van der Waals surface area contributed by atoms with Crippen molar-refractivity contribution in [1.29, 1.82) is 0 Å². The first-order valence-electron chi connectivity index (χ1n) is 8.42. The van der Waals surface area contributed by atoms with Crippen molar-refractivity contribution in [2.45, 2.75) is 53.0 Å². The highest BCUT2D eigenvalue weighted by molar-refractivity contribution is 5.82. The molecule has 1 N–H and O–H groups in total. The van der Waals surface area contributed by atoms with Crippen LogP contribution in [0.3, 0.4) is 0 Å². The van der Waals surface area contributed by atoms with Crippen LogP contribution in [-0.2, 0) is 11.2 Å². The molecule has 0 saturated carbocycles. The van der Waals surface area contributed by atoms with Crippen LogP contribution in [0.1, 0.15) is 52.1 Å². The van der Waals surface area contributed by atoms with Crippen molar-refractivity contribution < 1.29 is 9.90 Å². The second-order valence-electron chi connectivity index (χ2n) is 6.63. The molecule has 1 heterocycles. The molecule has 2 aromatic rings. The molecule has 0 aliphatic heterocycles. The van der Waals surface area contributed by atoms with Gasteiger partial charge in [-0.15, -0.1) is 0 Å². The topological polar surface area (TPSA) is 42.2 Å². The first kappa shape index (κ1) is 17.3. The van der Waals surface area contributed by atoms with Crippen molar-refractivity contribution in [2.75, 3.05) is 0 Å². The predicted octanol–water partition coefficient (Wildman–Crippen LogP) is 5.21. The molecule has 2 unspecified atom stereocenters. The Labute approximate surface area is 138 Å². The van der Waals surface area contributed by atoms with E-state index in [4.69, 9.17) is 5.11 Å². The van der Waals surface area contributed by atoms with Crippen LogP contribution in [0.4, 0.5) is 0 Å². The van der Waals surface area contributed by atoms with Gasteiger partial charge in [-0.05, 0) is 61.8 Å². The molecule has 23 heavy (non-hydrogen) atoms. The minimum Gasteiger partial charge on any atom is -0.478 e. The summed E-state index contributed by atoms with van der Waals surface area (Å²) in [5, 5.41) is 10.0. The number of carboxylic acids is 1. The van der Waals surface area contributed by atoms with Crippen LogP contribution in [0.25, 0.3) is 10.9 Å². The van der Waals surface area contributed by atoms with E-state index in [1.807, 2.05) is 6.92 Å². The molecule has 3 nitrogen and oxygen atoms in total. The van der Waals surface area contributed by atoms with Crippen molar-refractivity contribution in [2.24, 2.45) is 5.92 Å². The third-order valence-corrected chi connectivity index (χ3v) is 4.64. The Bertz CT molecular complexity index is 712. The van der Waals surface area contributed by atoms with Crippen LogP contribution in [0.2, 0.25) is 0 Å². The quantitative estimate of drug-likeness (QED) is 0.713. The van der Waals surface area contributed by atoms with Gasteiger partial charge < -0.3 is 9.67 Å². The van der Waals surface area contributed by atoms with Gasteiger partial charge in [0.2, 0.25) is 0 Å². The summed E-state index contributed by atoms with van der Waals surface area (Å²) in [6.07, 6.45) is 6.58. The number of carboxylic acid groups (broad SMARTS) is 1. The van der Waals surface area contributed by atoms with E-state index in [0.717, 1.165) is 11.1 Å². The predicted molar refractivity (Wildman–Crippen MR) is 95.8 cm³/mol. The first-order valence-corrected chi connectivity index (χ1v) is 8.42. The summed E-state index contributed by atoms with van der Waals surface area (Å²) in [6, 6.07) is 9.07. The third-order valence-electron chi connectivity index (χ3n) is 4.64. The Morgan fingerprint density at radius 1 is 1.30 bits per heavy atom. The molecular formula is C20H27NO2. The monoisotopic (exact) mass is 313 g/mol. The number of hydrogen-bond donors (Lipinski definition) is 1. The second kappa shape index (κ2) is 7.49. The lowest BCUT2D eigenvalue weighted by molar-refractivity contribution is -0.131. The maximum absolute atomic E-state index is 10.7. The Kier molecular flexibility index (Phi) is 5.64. The highest BCUT2D eigenvalue weighted by Crippen LogP contribution is 2.28. The Balaban J connectivity index is 2.25. The number of aromatic nitrogens is 1. The van der Waals surface area contributed by atoms with Crippen LogP contribution in [0.15, 0.2) is 42.1 Å². The molecule has 124 valence electrons. The number of fused-ring (bicyclic) bond motifs is 1. The van der Waals surface area contributed by atoms with E-state index in [-0.39, 0.29) is 0 Å². The molecule has 0 fully saturated rings. The van der Waals surface area contributed by atoms with Crippen molar-refractivity contribution in [3.05, 3.63) is 47.7 Å². The maximum atomic E-state index is 10.7. The van der Waals surface area contributed by atoms with Crippen LogP contribution in [0.5, 0.6) is 0 Å². The van der Waals surface area contributed by atoms with E-state index in [9.17, 15) is 4.79 Å². The summed E-state index contributed by atoms with van der Waals surface area (Å²) in [4.78, 5) is 10.7. The standard InChI is InChI=1S/C20H27NO2/c1-5-6-15(3)16(4)21-10-9-18-13-17(7-8-19(18)21)11-14(2)12-20(22)23/h7-10,12-13,15-16H,5-6,11H2,1-4H3,(H,22,23). The molecule has 0 radical (unpaired) electrons. The van der Waals surface area contributed by atoms with Gasteiger partial charge in [-0.25, -0.2) is 4.79 Å². The van der Waals surface area contributed by atoms with Gasteiger partial charge in [-0.3, -0.25) is 0 Å². The van der Waals surface area contributed by atoms with E-state index >= 15 is 0 Å². The number of rotatable bonds is 7. The van der Waals surface area contributed by atoms with Gasteiger partial charge in [-0.2, -0.15) is 0 Å². The normalized spacial score (nSPS) is 14.9. The molecule has 0 saturated heterocycles. The number of hydrogen-bond acceptors (Lipinski definition) is 1. The van der Waals surface area contributed by atoms with Gasteiger partial charge in [0.25, 0.3) is 0 Å². The lowest BCUT2D eigenvalue weighted by atomic mass is 9.98. The summed E-state index contributed by atoms with van der Waals surface area (Å²) in [6.45, 7) is 8.69. The molecular weight excluding hydrogens is 286 g/mol. The number of nitrogens with zero attached hydrogens (tertiary/aromatic N) is 1. The fraction of sp³-hybridized carbons (Fsp3) is 0.450. The lowest BCUT2D eigenvalue weighted by Gasteiger charge is -2.22. The van der Waals surface area contributed by atoms with E-state index in [1.165, 1.54) is 29.8 Å². The summed E-state index contributed by atoms with van der Waals surface area (Å²) in [7, 11) is 0. The number of aliphatic carboxylic acids is 1. The smallest absolute Gasteiger partial charge is 0.328 e. The van der Waals surface area contributed by atoms with Crippen LogP contribution in [-0.4, -0.2) is 15.6 Å². The highest BCUT2D eigenvalue weighted by Gasteiger charge is 2.15. The van der Waals surface area contributed by atoms with Crippen LogP contribution >= 0.6 is 0 Å². The molecule has 1 aromatic heterocycles. The van der Waals surface area contributed by atoms with Crippen LogP contribution < -0.4 is 0 Å². The van der Waals surface area contributed by atoms with Crippen LogP contribution in [0, 0.1) is 5.92 Å². The van der Waals surface area contributed by atoms with Gasteiger partial charge in [0, 0.05) is 23.8 Å². The SMILES string of the molecule is CCCC(C)C(C)n1ccc2cc(CC(C)=CC(=O)O)ccc21. The zero-order valence-electron chi connectivity index (χ0n) is 14.5. The molecule has 1 aromatic carbocycles. The lowest BCUT2D eigenvalue weighted by Crippen LogP contribution is -2.12. The van der Waals surface area contributed by atoms with Gasteiger partial charge in [0.05, 0.1) is 0 Å². The van der Waals surface area contributed by atoms with Crippen molar-refractivity contribution in [3.8, 4) is 0 Å². The zero-order chi connectivity index (χ0) is 17.0. The molecule has 0 aliphatic carbocycles. The Morgan fingerprint density at radius 2 is 2.04 bits per heavy atom. The van der Waals surface area contributed by atoms with Gasteiger partial charge in [0.15, 0.2) is 0 Å². The van der Waals surface area contributed by atoms with Crippen molar-refractivity contribution in [1.82, 2.24) is 4.57 Å². The van der Waals surface area contributed by atoms with E-state index in [0.29, 0.717) is 18.4 Å². The zero-order valence-corrected chi connectivity index (χ0v) is 14.5. The Morgan fingerprint density at radius 3 is 2.70 bits per heavy atom. The average Bonchev–Trinajstić information content (AvgIpc) is 2.88. The summed E-state index contributed by atoms with van der Waals surface area (Å²) in [5.41, 5.74) is 3.27. The minimum absolute atomic E-state index is 0.479. The summed E-state index contributed by atoms with van der Waals surface area (Å²) >= 11 is 0. The summed E-state index contributed by atoms with van der Waals surface area (Å²) < 4.78 is 2.36. The minimum atomic E-state index is -0.881. The molecule has 2 atom stereocenters. The fourth-order valence-corrected chi connectivity index (χ4v) is 3.23. The highest BCUT2D eigenvalue weighted by atomic mass is 16.4.